The summed E-state index contributed by atoms with van der Waals surface area (Å²) in [5.74, 6) is -0.0509. The van der Waals surface area contributed by atoms with E-state index in [-0.39, 0.29) is 11.9 Å². The Morgan fingerprint density at radius 2 is 1.96 bits per heavy atom. The van der Waals surface area contributed by atoms with Crippen LogP contribution in [0.25, 0.3) is 0 Å². The molecule has 1 amide bonds. The molecule has 0 saturated heterocycles. The Bertz CT molecular complexity index is 853. The van der Waals surface area contributed by atoms with Crippen LogP contribution in [0.4, 0.5) is 0 Å². The first-order valence-corrected chi connectivity index (χ1v) is 8.98. The number of hydrogen-bond acceptors (Lipinski definition) is 3. The highest BCUT2D eigenvalue weighted by Gasteiger charge is 2.16. The predicted molar refractivity (Wildman–Crippen MR) is 102 cm³/mol. The Hall–Kier alpha value is -2.37. The van der Waals surface area contributed by atoms with Crippen molar-refractivity contribution in [3.8, 4) is 0 Å². The van der Waals surface area contributed by atoms with Crippen LogP contribution in [0.3, 0.4) is 0 Å². The summed E-state index contributed by atoms with van der Waals surface area (Å²) in [6, 6.07) is 14.9. The summed E-state index contributed by atoms with van der Waals surface area (Å²) in [5, 5.41) is 8.36. The molecule has 1 aromatic heterocycles. The highest BCUT2D eigenvalue weighted by molar-refractivity contribution is 6.35. The maximum Gasteiger partial charge on any atom is 0.220 e. The van der Waals surface area contributed by atoms with Gasteiger partial charge in [-0.1, -0.05) is 59.6 Å². The molecule has 0 saturated carbocycles. The summed E-state index contributed by atoms with van der Waals surface area (Å²) >= 11 is 12.1. The predicted octanol–water partition coefficient (Wildman–Crippen LogP) is 4.08. The SMILES string of the molecule is O=C(CCc1ccc(Cl)cc1Cl)NC(Cn1cncn1)c1ccccc1. The molecule has 1 unspecified atom stereocenters. The molecule has 0 aliphatic heterocycles. The third-order valence-electron chi connectivity index (χ3n) is 4.01. The summed E-state index contributed by atoms with van der Waals surface area (Å²) < 4.78 is 1.70. The molecule has 1 atom stereocenters. The summed E-state index contributed by atoms with van der Waals surface area (Å²) in [4.78, 5) is 16.4. The van der Waals surface area contributed by atoms with Crippen LogP contribution in [-0.4, -0.2) is 20.7 Å². The third kappa shape index (κ3) is 5.07. The number of carbonyl (C=O) groups excluding carboxylic acids is 1. The van der Waals surface area contributed by atoms with Gasteiger partial charge in [-0.05, 0) is 29.7 Å². The molecule has 0 bridgehead atoms. The van der Waals surface area contributed by atoms with Gasteiger partial charge in [-0.25, -0.2) is 4.98 Å². The minimum atomic E-state index is -0.189. The number of hydrogen-bond donors (Lipinski definition) is 1. The van der Waals surface area contributed by atoms with Gasteiger partial charge in [-0.15, -0.1) is 0 Å². The minimum absolute atomic E-state index is 0.0509. The molecule has 0 aliphatic rings. The lowest BCUT2D eigenvalue weighted by Gasteiger charge is -2.19. The molecular formula is C19H18Cl2N4O. The van der Waals surface area contributed by atoms with Crippen LogP contribution >= 0.6 is 23.2 Å². The van der Waals surface area contributed by atoms with Gasteiger partial charge in [0.05, 0.1) is 12.6 Å². The highest BCUT2D eigenvalue weighted by atomic mass is 35.5. The van der Waals surface area contributed by atoms with Crippen molar-refractivity contribution in [2.45, 2.75) is 25.4 Å². The molecule has 5 nitrogen and oxygen atoms in total. The summed E-state index contributed by atoms with van der Waals surface area (Å²) in [7, 11) is 0. The van der Waals surface area contributed by atoms with E-state index in [2.05, 4.69) is 15.4 Å². The number of halogens is 2. The van der Waals surface area contributed by atoms with Crippen LogP contribution in [0.1, 0.15) is 23.6 Å². The van der Waals surface area contributed by atoms with Gasteiger partial charge in [0.1, 0.15) is 12.7 Å². The van der Waals surface area contributed by atoms with Gasteiger partial charge < -0.3 is 5.32 Å². The Kier molecular flexibility index (Phi) is 6.26. The molecule has 7 heteroatoms. The zero-order valence-corrected chi connectivity index (χ0v) is 15.5. The first-order valence-electron chi connectivity index (χ1n) is 8.22. The molecule has 3 rings (SSSR count). The molecule has 26 heavy (non-hydrogen) atoms. The summed E-state index contributed by atoms with van der Waals surface area (Å²) in [6.07, 6.45) is 4.00. The molecule has 134 valence electrons. The van der Waals surface area contributed by atoms with Gasteiger partial charge in [-0.3, -0.25) is 9.48 Å². The third-order valence-corrected chi connectivity index (χ3v) is 4.60. The maximum atomic E-state index is 12.5. The van der Waals surface area contributed by atoms with Gasteiger partial charge >= 0.3 is 0 Å². The van der Waals surface area contributed by atoms with Crippen molar-refractivity contribution < 1.29 is 4.79 Å². The first-order chi connectivity index (χ1) is 12.6. The maximum absolute atomic E-state index is 12.5. The second kappa shape index (κ2) is 8.83. The number of nitrogens with one attached hydrogen (secondary N) is 1. The fourth-order valence-electron chi connectivity index (χ4n) is 2.67. The van der Waals surface area contributed by atoms with Gasteiger partial charge in [-0.2, -0.15) is 5.10 Å². The second-order valence-electron chi connectivity index (χ2n) is 5.88. The highest BCUT2D eigenvalue weighted by Crippen LogP contribution is 2.22. The molecule has 1 heterocycles. The van der Waals surface area contributed by atoms with Crippen LogP contribution in [0.5, 0.6) is 0 Å². The number of nitrogens with zero attached hydrogens (tertiary/aromatic N) is 3. The van der Waals surface area contributed by atoms with Crippen molar-refractivity contribution in [2.75, 3.05) is 0 Å². The Morgan fingerprint density at radius 1 is 1.15 bits per heavy atom. The molecule has 1 N–H and O–H groups in total. The van der Waals surface area contributed by atoms with E-state index in [9.17, 15) is 4.79 Å². The Balaban J connectivity index is 1.65. The van der Waals surface area contributed by atoms with Crippen molar-refractivity contribution in [1.29, 1.82) is 0 Å². The van der Waals surface area contributed by atoms with Crippen LogP contribution in [0.2, 0.25) is 10.0 Å². The van der Waals surface area contributed by atoms with Crippen molar-refractivity contribution in [1.82, 2.24) is 20.1 Å². The lowest BCUT2D eigenvalue weighted by Crippen LogP contribution is -2.31. The average molecular weight is 389 g/mol. The van der Waals surface area contributed by atoms with Gasteiger partial charge in [0.2, 0.25) is 5.91 Å². The molecule has 0 spiro atoms. The van der Waals surface area contributed by atoms with E-state index in [4.69, 9.17) is 23.2 Å². The monoisotopic (exact) mass is 388 g/mol. The normalized spacial score (nSPS) is 11.9. The van der Waals surface area contributed by atoms with Crippen LogP contribution in [-0.2, 0) is 17.8 Å². The van der Waals surface area contributed by atoms with E-state index in [1.54, 1.807) is 23.1 Å². The van der Waals surface area contributed by atoms with E-state index >= 15 is 0 Å². The van der Waals surface area contributed by atoms with Gasteiger partial charge in [0.15, 0.2) is 0 Å². The van der Waals surface area contributed by atoms with Gasteiger partial charge in [0.25, 0.3) is 0 Å². The van der Waals surface area contributed by atoms with Crippen LogP contribution < -0.4 is 5.32 Å². The second-order valence-corrected chi connectivity index (χ2v) is 6.73. The molecule has 2 aromatic carbocycles. The average Bonchev–Trinajstić information content (AvgIpc) is 3.14. The van der Waals surface area contributed by atoms with Crippen LogP contribution in [0.15, 0.2) is 61.2 Å². The zero-order chi connectivity index (χ0) is 18.4. The lowest BCUT2D eigenvalue weighted by atomic mass is 10.1. The topological polar surface area (TPSA) is 59.8 Å². The molecule has 0 aliphatic carbocycles. The number of aromatic nitrogens is 3. The molecule has 0 radical (unpaired) electrons. The molecule has 3 aromatic rings. The molecular weight excluding hydrogens is 371 g/mol. The van der Waals surface area contributed by atoms with Crippen molar-refractivity contribution in [3.63, 3.8) is 0 Å². The van der Waals surface area contributed by atoms with Crippen molar-refractivity contribution >= 4 is 29.1 Å². The van der Waals surface area contributed by atoms with Gasteiger partial charge in [0, 0.05) is 16.5 Å². The van der Waals surface area contributed by atoms with E-state index in [0.29, 0.717) is 29.4 Å². The number of rotatable bonds is 7. The number of carbonyl (C=O) groups is 1. The number of aryl methyl sites for hydroxylation is 1. The van der Waals surface area contributed by atoms with E-state index in [1.807, 2.05) is 36.4 Å². The Morgan fingerprint density at radius 3 is 2.65 bits per heavy atom. The van der Waals surface area contributed by atoms with Crippen molar-refractivity contribution in [3.05, 3.63) is 82.4 Å². The number of amides is 1. The van der Waals surface area contributed by atoms with Crippen molar-refractivity contribution in [2.24, 2.45) is 0 Å². The van der Waals surface area contributed by atoms with E-state index in [0.717, 1.165) is 11.1 Å². The summed E-state index contributed by atoms with van der Waals surface area (Å²) in [5.41, 5.74) is 1.92. The Labute approximate surface area is 162 Å². The standard InChI is InChI=1S/C19H18Cl2N4O/c20-16-8-6-14(17(21)10-16)7-9-19(26)24-18(11-25-13-22-12-23-25)15-4-2-1-3-5-15/h1-6,8,10,12-13,18H,7,9,11H2,(H,24,26). The van der Waals surface area contributed by atoms with Crippen LogP contribution in [0, 0.1) is 0 Å². The largest absolute Gasteiger partial charge is 0.347 e. The quantitative estimate of drug-likeness (QED) is 0.663. The fraction of sp³-hybridized carbons (Fsp3) is 0.211. The minimum Gasteiger partial charge on any atom is -0.347 e. The van der Waals surface area contributed by atoms with E-state index < -0.39 is 0 Å². The van der Waals surface area contributed by atoms with E-state index in [1.165, 1.54) is 6.33 Å². The summed E-state index contributed by atoms with van der Waals surface area (Å²) in [6.45, 7) is 0.511. The first kappa shape index (κ1) is 18.4. The smallest absolute Gasteiger partial charge is 0.220 e. The zero-order valence-electron chi connectivity index (χ0n) is 14.0. The lowest BCUT2D eigenvalue weighted by molar-refractivity contribution is -0.121. The number of benzene rings is 2. The molecule has 0 fully saturated rings. The fourth-order valence-corrected chi connectivity index (χ4v) is 3.18.